The zero-order valence-electron chi connectivity index (χ0n) is 9.02. The number of aliphatic imine (C=N–C) groups is 1. The van der Waals surface area contributed by atoms with Crippen LogP contribution >= 0.6 is 27.5 Å². The second-order valence-electron chi connectivity index (χ2n) is 4.11. The van der Waals surface area contributed by atoms with Gasteiger partial charge in [-0.25, -0.2) is 0 Å². The van der Waals surface area contributed by atoms with E-state index in [9.17, 15) is 0 Å². The quantitative estimate of drug-likeness (QED) is 0.532. The van der Waals surface area contributed by atoms with Gasteiger partial charge in [0.25, 0.3) is 0 Å². The van der Waals surface area contributed by atoms with Crippen molar-refractivity contribution in [3.8, 4) is 0 Å². The fourth-order valence-electron chi connectivity index (χ4n) is 1.95. The molecule has 1 nitrogen and oxygen atoms in total. The van der Waals surface area contributed by atoms with E-state index >= 15 is 0 Å². The second kappa shape index (κ2) is 5.50. The highest BCUT2D eigenvalue weighted by molar-refractivity contribution is 9.10. The third-order valence-electron chi connectivity index (χ3n) is 2.75. The molecule has 1 unspecified atom stereocenters. The second-order valence-corrected chi connectivity index (χ2v) is 6.91. The molecule has 82 valence electrons. The van der Waals surface area contributed by atoms with E-state index in [1.165, 1.54) is 32.1 Å². The van der Waals surface area contributed by atoms with Crippen LogP contribution in [0.25, 0.3) is 0 Å². The van der Waals surface area contributed by atoms with E-state index < -0.39 is 3.78 Å². The van der Waals surface area contributed by atoms with Crippen LogP contribution in [-0.4, -0.2) is 15.5 Å². The lowest BCUT2D eigenvalue weighted by atomic mass is 9.96. The molecule has 3 heteroatoms. The molecule has 0 bridgehead atoms. The molecule has 0 aromatic heterocycles. The zero-order valence-corrected chi connectivity index (χ0v) is 11.4. The van der Waals surface area contributed by atoms with Crippen molar-refractivity contribution >= 4 is 33.2 Å². The van der Waals surface area contributed by atoms with Gasteiger partial charge in [-0.15, -0.1) is 11.6 Å². The summed E-state index contributed by atoms with van der Waals surface area (Å²) in [7, 11) is 0. The van der Waals surface area contributed by atoms with Crippen molar-refractivity contribution in [2.75, 3.05) is 0 Å². The first-order valence-electron chi connectivity index (χ1n) is 5.49. The van der Waals surface area contributed by atoms with Crippen LogP contribution in [0.4, 0.5) is 0 Å². The summed E-state index contributed by atoms with van der Waals surface area (Å²) in [6.45, 7) is 4.07. The van der Waals surface area contributed by atoms with Crippen LogP contribution in [0.15, 0.2) is 4.99 Å². The molecular formula is C11H19BrClN. The Morgan fingerprint density at radius 2 is 2.00 bits per heavy atom. The Hall–Kier alpha value is 0.440. The minimum atomic E-state index is -0.445. The Morgan fingerprint density at radius 3 is 2.43 bits per heavy atom. The van der Waals surface area contributed by atoms with E-state index in [-0.39, 0.29) is 0 Å². The van der Waals surface area contributed by atoms with Gasteiger partial charge in [-0.05, 0) is 26.2 Å². The number of hydrogen-bond acceptors (Lipinski definition) is 1. The molecule has 0 heterocycles. The minimum absolute atomic E-state index is 0.445. The van der Waals surface area contributed by atoms with E-state index in [4.69, 9.17) is 16.6 Å². The molecule has 1 atom stereocenters. The highest BCUT2D eigenvalue weighted by Gasteiger charge is 2.24. The van der Waals surface area contributed by atoms with Crippen molar-refractivity contribution in [2.45, 2.75) is 62.2 Å². The smallest absolute Gasteiger partial charge is 0.134 e. The van der Waals surface area contributed by atoms with E-state index in [1.807, 2.05) is 6.92 Å². The highest BCUT2D eigenvalue weighted by atomic mass is 79.9. The number of rotatable bonds is 3. The molecule has 0 saturated heterocycles. The Labute approximate surface area is 100 Å². The molecule has 1 fully saturated rings. The van der Waals surface area contributed by atoms with Gasteiger partial charge in [0.05, 0.1) is 0 Å². The predicted molar refractivity (Wildman–Crippen MR) is 67.8 cm³/mol. The summed E-state index contributed by atoms with van der Waals surface area (Å²) < 4.78 is -0.445. The summed E-state index contributed by atoms with van der Waals surface area (Å²) in [5, 5.41) is 0. The molecule has 1 rings (SSSR count). The first-order chi connectivity index (χ1) is 6.54. The van der Waals surface area contributed by atoms with Crippen LogP contribution in [0.1, 0.15) is 52.4 Å². The molecule has 0 radical (unpaired) electrons. The Kier molecular flexibility index (Phi) is 4.92. The molecule has 1 aliphatic carbocycles. The number of alkyl halides is 2. The molecular weight excluding hydrogens is 261 g/mol. The van der Waals surface area contributed by atoms with Crippen molar-refractivity contribution < 1.29 is 0 Å². The van der Waals surface area contributed by atoms with Gasteiger partial charge in [0, 0.05) is 11.8 Å². The SMILES string of the molecule is CCC(=NC1CCCCC1)C(C)(Cl)Br. The third kappa shape index (κ3) is 3.90. The number of halogens is 2. The Morgan fingerprint density at radius 1 is 1.43 bits per heavy atom. The van der Waals surface area contributed by atoms with Crippen LogP contribution < -0.4 is 0 Å². The van der Waals surface area contributed by atoms with Crippen molar-refractivity contribution in [3.05, 3.63) is 0 Å². The maximum absolute atomic E-state index is 6.20. The predicted octanol–water partition coefficient (Wildman–Crippen LogP) is 4.52. The van der Waals surface area contributed by atoms with Crippen molar-refractivity contribution in [1.82, 2.24) is 0 Å². The van der Waals surface area contributed by atoms with Crippen molar-refractivity contribution in [3.63, 3.8) is 0 Å². The summed E-state index contributed by atoms with van der Waals surface area (Å²) in [5.74, 6) is 0. The topological polar surface area (TPSA) is 12.4 Å². The molecule has 1 aliphatic rings. The average molecular weight is 281 g/mol. The van der Waals surface area contributed by atoms with Gasteiger partial charge in [0.1, 0.15) is 3.78 Å². The van der Waals surface area contributed by atoms with E-state index in [0.717, 1.165) is 12.1 Å². The summed E-state index contributed by atoms with van der Waals surface area (Å²) in [6.07, 6.45) is 7.44. The fourth-order valence-corrected chi connectivity index (χ4v) is 2.51. The highest BCUT2D eigenvalue weighted by Crippen LogP contribution is 2.28. The molecule has 1 saturated carbocycles. The van der Waals surface area contributed by atoms with Gasteiger partial charge in [-0.1, -0.05) is 42.1 Å². The van der Waals surface area contributed by atoms with Crippen LogP contribution in [0, 0.1) is 0 Å². The van der Waals surface area contributed by atoms with E-state index in [0.29, 0.717) is 6.04 Å². The van der Waals surface area contributed by atoms with Crippen LogP contribution in [0.5, 0.6) is 0 Å². The molecule has 0 N–H and O–H groups in total. The van der Waals surface area contributed by atoms with Crippen LogP contribution in [0.2, 0.25) is 0 Å². The minimum Gasteiger partial charge on any atom is -0.288 e. The van der Waals surface area contributed by atoms with Crippen molar-refractivity contribution in [2.24, 2.45) is 4.99 Å². The lowest BCUT2D eigenvalue weighted by Crippen LogP contribution is -2.24. The van der Waals surface area contributed by atoms with Gasteiger partial charge in [0.15, 0.2) is 0 Å². The summed E-state index contributed by atoms with van der Waals surface area (Å²) in [6, 6.07) is 0.523. The Balaban J connectivity index is 2.62. The normalized spacial score (nSPS) is 24.7. The maximum Gasteiger partial charge on any atom is 0.134 e. The molecule has 0 aliphatic heterocycles. The van der Waals surface area contributed by atoms with E-state index in [2.05, 4.69) is 22.9 Å². The monoisotopic (exact) mass is 279 g/mol. The molecule has 14 heavy (non-hydrogen) atoms. The average Bonchev–Trinajstić information content (AvgIpc) is 2.14. The van der Waals surface area contributed by atoms with E-state index in [1.54, 1.807) is 0 Å². The first-order valence-corrected chi connectivity index (χ1v) is 6.66. The summed E-state index contributed by atoms with van der Waals surface area (Å²) >= 11 is 9.67. The standard InChI is InChI=1S/C11H19BrClN/c1-3-10(11(2,12)13)14-9-7-5-4-6-8-9/h9H,3-8H2,1-2H3. The van der Waals surface area contributed by atoms with Gasteiger partial charge < -0.3 is 0 Å². The number of nitrogens with zero attached hydrogens (tertiary/aromatic N) is 1. The largest absolute Gasteiger partial charge is 0.288 e. The maximum atomic E-state index is 6.20. The van der Waals surface area contributed by atoms with Crippen LogP contribution in [0.3, 0.4) is 0 Å². The molecule has 0 spiro atoms. The molecule has 0 aromatic carbocycles. The van der Waals surface area contributed by atoms with Gasteiger partial charge in [-0.3, -0.25) is 4.99 Å². The first kappa shape index (κ1) is 12.5. The van der Waals surface area contributed by atoms with Gasteiger partial charge >= 0.3 is 0 Å². The van der Waals surface area contributed by atoms with Crippen molar-refractivity contribution in [1.29, 1.82) is 0 Å². The summed E-state index contributed by atoms with van der Waals surface area (Å²) in [5.41, 5.74) is 1.09. The Bertz CT molecular complexity index is 202. The van der Waals surface area contributed by atoms with Gasteiger partial charge in [-0.2, -0.15) is 0 Å². The number of hydrogen-bond donors (Lipinski definition) is 0. The fraction of sp³-hybridized carbons (Fsp3) is 0.909. The summed E-state index contributed by atoms with van der Waals surface area (Å²) in [4.78, 5) is 4.76. The molecule has 0 amide bonds. The molecule has 0 aromatic rings. The third-order valence-corrected chi connectivity index (χ3v) is 3.43. The lowest BCUT2D eigenvalue weighted by Gasteiger charge is -2.22. The van der Waals surface area contributed by atoms with Gasteiger partial charge in [0.2, 0.25) is 0 Å². The lowest BCUT2D eigenvalue weighted by molar-refractivity contribution is 0.442. The zero-order chi connectivity index (χ0) is 10.6. The van der Waals surface area contributed by atoms with Crippen LogP contribution in [-0.2, 0) is 0 Å².